The maximum Gasteiger partial charge on any atom is 0.0338 e. The van der Waals surface area contributed by atoms with Gasteiger partial charge in [-0.2, -0.15) is 0 Å². The number of aryl methyl sites for hydroxylation is 1. The first-order chi connectivity index (χ1) is 7.34. The first-order valence-corrected chi connectivity index (χ1v) is 5.92. The van der Waals surface area contributed by atoms with Crippen LogP contribution in [0.4, 0.5) is 0 Å². The van der Waals surface area contributed by atoms with E-state index in [1.54, 1.807) is 0 Å². The van der Waals surface area contributed by atoms with Crippen LogP contribution in [0.5, 0.6) is 0 Å². The molecule has 1 aliphatic rings. The minimum absolute atomic E-state index is 1.33. The van der Waals surface area contributed by atoms with Gasteiger partial charge >= 0.3 is 0 Å². The molecule has 73 valence electrons. The van der Waals surface area contributed by atoms with Crippen molar-refractivity contribution in [2.45, 2.75) is 6.92 Å². The highest BCUT2D eigenvalue weighted by Crippen LogP contribution is 2.36. The van der Waals surface area contributed by atoms with E-state index < -0.39 is 0 Å². The van der Waals surface area contributed by atoms with E-state index in [9.17, 15) is 0 Å². The fourth-order valence-corrected chi connectivity index (χ4v) is 2.87. The number of hydrogen-bond donors (Lipinski definition) is 0. The number of allylic oxidation sites excluding steroid dienone is 1. The molecule has 0 saturated heterocycles. The van der Waals surface area contributed by atoms with E-state index in [0.717, 1.165) is 0 Å². The summed E-state index contributed by atoms with van der Waals surface area (Å²) < 4.78 is 0. The summed E-state index contributed by atoms with van der Waals surface area (Å²) in [7, 11) is 0. The summed E-state index contributed by atoms with van der Waals surface area (Å²) in [6.07, 6.45) is 4.54. The van der Waals surface area contributed by atoms with Crippen molar-refractivity contribution in [3.05, 3.63) is 63.7 Å². The van der Waals surface area contributed by atoms with Crippen molar-refractivity contribution in [2.24, 2.45) is 0 Å². The van der Waals surface area contributed by atoms with Gasteiger partial charge < -0.3 is 0 Å². The summed E-state index contributed by atoms with van der Waals surface area (Å²) in [4.78, 5) is 1.39. The number of thiophene rings is 1. The predicted molar refractivity (Wildman–Crippen MR) is 66.8 cm³/mol. The van der Waals surface area contributed by atoms with Crippen molar-refractivity contribution in [3.8, 4) is 0 Å². The minimum Gasteiger partial charge on any atom is -0.144 e. The van der Waals surface area contributed by atoms with Crippen LogP contribution in [0.25, 0.3) is 11.6 Å². The second kappa shape index (κ2) is 3.35. The summed E-state index contributed by atoms with van der Waals surface area (Å²) >= 11 is 1.82. The largest absolute Gasteiger partial charge is 0.144 e. The second-order valence-corrected chi connectivity index (χ2v) is 4.72. The monoisotopic (exact) mass is 211 g/mol. The van der Waals surface area contributed by atoms with Crippen LogP contribution < -0.4 is 0 Å². The zero-order valence-corrected chi connectivity index (χ0v) is 9.34. The van der Waals surface area contributed by atoms with Crippen molar-refractivity contribution in [3.63, 3.8) is 0 Å². The van der Waals surface area contributed by atoms with Crippen LogP contribution in [0, 0.1) is 13.3 Å². The quantitative estimate of drug-likeness (QED) is 0.664. The molecule has 1 radical (unpaired) electrons. The number of fused-ring (bicyclic) bond motifs is 1. The molecule has 0 N–H and O–H groups in total. The van der Waals surface area contributed by atoms with E-state index in [1.807, 2.05) is 11.3 Å². The predicted octanol–water partition coefficient (Wildman–Crippen LogP) is 4.16. The van der Waals surface area contributed by atoms with Crippen molar-refractivity contribution >= 4 is 23.0 Å². The van der Waals surface area contributed by atoms with E-state index in [1.165, 1.54) is 27.1 Å². The van der Waals surface area contributed by atoms with Crippen LogP contribution in [0.15, 0.2) is 35.7 Å². The van der Waals surface area contributed by atoms with E-state index in [4.69, 9.17) is 0 Å². The standard InChI is InChI=1S/C14H11S/c1-10-6-7-15-14(10)13-8-11-4-2-3-5-12(11)9-13/h2-9H,1H3. The summed E-state index contributed by atoms with van der Waals surface area (Å²) in [5.74, 6) is 0. The third kappa shape index (κ3) is 1.44. The molecule has 1 aliphatic carbocycles. The molecule has 3 rings (SSSR count). The van der Waals surface area contributed by atoms with Crippen LogP contribution in [0.3, 0.4) is 0 Å². The third-order valence-corrected chi connectivity index (χ3v) is 3.81. The van der Waals surface area contributed by atoms with Crippen LogP contribution in [-0.2, 0) is 0 Å². The SMILES string of the molecule is Cc1ccsc1C1=Cc2ccccc2[CH]1. The molecular formula is C14H11S. The van der Waals surface area contributed by atoms with Crippen molar-refractivity contribution in [1.29, 1.82) is 0 Å². The molecule has 15 heavy (non-hydrogen) atoms. The Hall–Kier alpha value is -1.34. The fourth-order valence-electron chi connectivity index (χ4n) is 1.95. The Morgan fingerprint density at radius 1 is 1.00 bits per heavy atom. The lowest BCUT2D eigenvalue weighted by molar-refractivity contribution is 1.50. The lowest BCUT2D eigenvalue weighted by Crippen LogP contribution is -1.81. The van der Waals surface area contributed by atoms with Gasteiger partial charge in [-0.3, -0.25) is 0 Å². The van der Waals surface area contributed by atoms with Crippen LogP contribution in [0.1, 0.15) is 21.6 Å². The highest BCUT2D eigenvalue weighted by Gasteiger charge is 2.15. The molecule has 0 nitrogen and oxygen atoms in total. The molecule has 2 aromatic rings. The van der Waals surface area contributed by atoms with Gasteiger partial charge in [0.05, 0.1) is 0 Å². The molecular weight excluding hydrogens is 200 g/mol. The lowest BCUT2D eigenvalue weighted by atomic mass is 10.1. The average molecular weight is 211 g/mol. The Bertz CT molecular complexity index is 532. The van der Waals surface area contributed by atoms with Crippen molar-refractivity contribution in [1.82, 2.24) is 0 Å². The number of benzene rings is 1. The van der Waals surface area contributed by atoms with Gasteiger partial charge in [-0.25, -0.2) is 0 Å². The molecule has 0 fully saturated rings. The first-order valence-electron chi connectivity index (χ1n) is 5.04. The molecule has 1 aromatic heterocycles. The van der Waals surface area contributed by atoms with Gasteiger partial charge in [0.15, 0.2) is 0 Å². The third-order valence-electron chi connectivity index (χ3n) is 2.74. The highest BCUT2D eigenvalue weighted by molar-refractivity contribution is 7.11. The molecule has 0 unspecified atom stereocenters. The molecule has 0 bridgehead atoms. The Morgan fingerprint density at radius 3 is 2.47 bits per heavy atom. The molecule has 1 heterocycles. The summed E-state index contributed by atoms with van der Waals surface area (Å²) in [5.41, 5.74) is 5.39. The average Bonchev–Trinajstić information content (AvgIpc) is 2.82. The number of hydrogen-bond acceptors (Lipinski definition) is 1. The van der Waals surface area contributed by atoms with E-state index >= 15 is 0 Å². The lowest BCUT2D eigenvalue weighted by Gasteiger charge is -1.99. The van der Waals surface area contributed by atoms with Crippen molar-refractivity contribution < 1.29 is 0 Å². The molecule has 1 aromatic carbocycles. The van der Waals surface area contributed by atoms with Gasteiger partial charge in [0.25, 0.3) is 0 Å². The van der Waals surface area contributed by atoms with E-state index in [-0.39, 0.29) is 0 Å². The van der Waals surface area contributed by atoms with Crippen LogP contribution in [-0.4, -0.2) is 0 Å². The van der Waals surface area contributed by atoms with Gasteiger partial charge in [-0.1, -0.05) is 24.3 Å². The second-order valence-electron chi connectivity index (χ2n) is 3.81. The summed E-state index contributed by atoms with van der Waals surface area (Å²) in [5, 5.41) is 2.16. The van der Waals surface area contributed by atoms with Gasteiger partial charge in [0, 0.05) is 11.3 Å². The zero-order valence-electron chi connectivity index (χ0n) is 8.53. The Kier molecular flexibility index (Phi) is 2.00. The molecule has 0 amide bonds. The maximum absolute atomic E-state index is 2.27. The van der Waals surface area contributed by atoms with Crippen molar-refractivity contribution in [2.75, 3.05) is 0 Å². The topological polar surface area (TPSA) is 0 Å². The molecule has 0 aliphatic heterocycles. The molecule has 0 spiro atoms. The smallest absolute Gasteiger partial charge is 0.0338 e. The van der Waals surface area contributed by atoms with Gasteiger partial charge in [0.1, 0.15) is 0 Å². The van der Waals surface area contributed by atoms with Crippen LogP contribution in [0.2, 0.25) is 0 Å². The molecule has 0 saturated carbocycles. The summed E-state index contributed by atoms with van der Waals surface area (Å²) in [6, 6.07) is 10.7. The number of rotatable bonds is 1. The summed E-state index contributed by atoms with van der Waals surface area (Å²) in [6.45, 7) is 2.17. The Morgan fingerprint density at radius 2 is 1.80 bits per heavy atom. The van der Waals surface area contributed by atoms with Gasteiger partial charge in [-0.05, 0) is 46.7 Å². The van der Waals surface area contributed by atoms with E-state index in [0.29, 0.717) is 0 Å². The van der Waals surface area contributed by atoms with Gasteiger partial charge in [-0.15, -0.1) is 11.3 Å². The molecule has 0 atom stereocenters. The first kappa shape index (κ1) is 8.93. The zero-order chi connectivity index (χ0) is 10.3. The highest BCUT2D eigenvalue weighted by atomic mass is 32.1. The molecule has 1 heteroatoms. The normalized spacial score (nSPS) is 13.8. The fraction of sp³-hybridized carbons (Fsp3) is 0.0714. The Labute approximate surface area is 93.9 Å². The van der Waals surface area contributed by atoms with Crippen LogP contribution >= 0.6 is 11.3 Å². The minimum atomic E-state index is 1.33. The van der Waals surface area contributed by atoms with E-state index in [2.05, 4.69) is 55.1 Å². The van der Waals surface area contributed by atoms with Gasteiger partial charge in [0.2, 0.25) is 0 Å². The maximum atomic E-state index is 2.27. The Balaban J connectivity index is 2.05.